The first kappa shape index (κ1) is 15.9. The molecule has 128 valence electrons. The Morgan fingerprint density at radius 3 is 2.64 bits per heavy atom. The monoisotopic (exact) mass is 335 g/mol. The van der Waals surface area contributed by atoms with Gasteiger partial charge in [0.1, 0.15) is 11.4 Å². The topological polar surface area (TPSA) is 83.4 Å². The number of hydrogen-bond donors (Lipinski definition) is 1. The molecule has 0 saturated carbocycles. The molecule has 1 atom stereocenters. The highest BCUT2D eigenvalue weighted by molar-refractivity contribution is 6.13. The molecule has 2 aliphatic heterocycles. The normalized spacial score (nSPS) is 23.7. The highest BCUT2D eigenvalue weighted by Crippen LogP contribution is 2.30. The third-order valence-corrected chi connectivity index (χ3v) is 5.21. The maximum Gasteiger partial charge on any atom is 0.246 e. The van der Waals surface area contributed by atoms with E-state index < -0.39 is 5.91 Å². The number of hydrogen-bond acceptors (Lipinski definition) is 5. The molecule has 4 rings (SSSR count). The molecule has 3 aliphatic rings. The second kappa shape index (κ2) is 6.72. The molecule has 1 aromatic rings. The fourth-order valence-electron chi connectivity index (χ4n) is 3.89. The van der Waals surface area contributed by atoms with Crippen LogP contribution in [-0.2, 0) is 11.2 Å². The van der Waals surface area contributed by atoms with Gasteiger partial charge in [-0.1, -0.05) is 30.3 Å². The van der Waals surface area contributed by atoms with Gasteiger partial charge in [-0.25, -0.2) is 0 Å². The summed E-state index contributed by atoms with van der Waals surface area (Å²) in [4.78, 5) is 14.2. The Morgan fingerprint density at radius 1 is 1.16 bits per heavy atom. The fraction of sp³-hybridized carbons (Fsp3) is 0.368. The SMILES string of the molecule is NC(=O)C1=CC=C2N=NN=C2C1N1CCC(Cc2ccccc2)CC1. The van der Waals surface area contributed by atoms with Gasteiger partial charge in [-0.2, -0.15) is 0 Å². The van der Waals surface area contributed by atoms with Gasteiger partial charge >= 0.3 is 0 Å². The molecule has 1 fully saturated rings. The Balaban J connectivity index is 1.45. The summed E-state index contributed by atoms with van der Waals surface area (Å²) in [5.74, 6) is 0.263. The van der Waals surface area contributed by atoms with E-state index in [-0.39, 0.29) is 6.04 Å². The maximum atomic E-state index is 11.9. The molecule has 0 spiro atoms. The smallest absolute Gasteiger partial charge is 0.246 e. The lowest BCUT2D eigenvalue weighted by molar-refractivity contribution is -0.115. The molecule has 0 radical (unpaired) electrons. The van der Waals surface area contributed by atoms with Crippen LogP contribution in [0.1, 0.15) is 18.4 Å². The summed E-state index contributed by atoms with van der Waals surface area (Å²) in [6.07, 6.45) is 6.83. The molecule has 2 N–H and O–H groups in total. The number of piperidine rings is 1. The molecule has 1 aliphatic carbocycles. The van der Waals surface area contributed by atoms with Crippen molar-refractivity contribution in [1.29, 1.82) is 0 Å². The van der Waals surface area contributed by atoms with Crippen molar-refractivity contribution in [3.63, 3.8) is 0 Å². The zero-order valence-corrected chi connectivity index (χ0v) is 14.0. The zero-order valence-electron chi connectivity index (χ0n) is 14.0. The predicted octanol–water partition coefficient (Wildman–Crippen LogP) is 2.44. The second-order valence-corrected chi connectivity index (χ2v) is 6.78. The van der Waals surface area contributed by atoms with Crippen molar-refractivity contribution in [3.8, 4) is 0 Å². The van der Waals surface area contributed by atoms with Crippen molar-refractivity contribution in [3.05, 3.63) is 59.3 Å². The number of benzene rings is 1. The molecule has 6 nitrogen and oxygen atoms in total. The van der Waals surface area contributed by atoms with E-state index in [4.69, 9.17) is 5.73 Å². The summed E-state index contributed by atoms with van der Waals surface area (Å²) in [6.45, 7) is 1.83. The summed E-state index contributed by atoms with van der Waals surface area (Å²) in [7, 11) is 0. The van der Waals surface area contributed by atoms with E-state index in [0.29, 0.717) is 11.5 Å². The van der Waals surface area contributed by atoms with Crippen LogP contribution in [0.3, 0.4) is 0 Å². The van der Waals surface area contributed by atoms with Crippen molar-refractivity contribution in [2.75, 3.05) is 13.1 Å². The van der Waals surface area contributed by atoms with Crippen LogP contribution in [-0.4, -0.2) is 35.7 Å². The molecule has 1 unspecified atom stereocenters. The van der Waals surface area contributed by atoms with E-state index >= 15 is 0 Å². The van der Waals surface area contributed by atoms with Gasteiger partial charge in [0.2, 0.25) is 5.91 Å². The van der Waals surface area contributed by atoms with Gasteiger partial charge in [0.15, 0.2) is 0 Å². The van der Waals surface area contributed by atoms with E-state index in [2.05, 4.69) is 50.7 Å². The fourth-order valence-corrected chi connectivity index (χ4v) is 3.89. The number of carbonyl (C=O) groups excluding carboxylic acids is 1. The lowest BCUT2D eigenvalue weighted by Crippen LogP contribution is -2.50. The van der Waals surface area contributed by atoms with Crippen molar-refractivity contribution in [2.45, 2.75) is 25.3 Å². The molecular weight excluding hydrogens is 314 g/mol. The van der Waals surface area contributed by atoms with Crippen LogP contribution in [0.25, 0.3) is 0 Å². The Kier molecular flexibility index (Phi) is 4.28. The summed E-state index contributed by atoms with van der Waals surface area (Å²) >= 11 is 0. The Bertz CT molecular complexity index is 785. The average Bonchev–Trinajstić information content (AvgIpc) is 3.11. The second-order valence-electron chi connectivity index (χ2n) is 6.78. The minimum atomic E-state index is -0.402. The van der Waals surface area contributed by atoms with Crippen LogP contribution < -0.4 is 5.73 Å². The number of likely N-dealkylation sites (tertiary alicyclic amines) is 1. The quantitative estimate of drug-likeness (QED) is 0.916. The van der Waals surface area contributed by atoms with Crippen LogP contribution in [0, 0.1) is 5.92 Å². The molecule has 6 heteroatoms. The minimum Gasteiger partial charge on any atom is -0.366 e. The minimum absolute atomic E-state index is 0.217. The number of carbonyl (C=O) groups is 1. The maximum absolute atomic E-state index is 11.9. The van der Waals surface area contributed by atoms with Crippen molar-refractivity contribution >= 4 is 11.6 Å². The van der Waals surface area contributed by atoms with E-state index in [9.17, 15) is 4.79 Å². The van der Waals surface area contributed by atoms with Gasteiger partial charge in [-0.3, -0.25) is 9.69 Å². The summed E-state index contributed by atoms with van der Waals surface area (Å²) in [5, 5.41) is 11.9. The Hall–Kier alpha value is -2.60. The molecule has 2 heterocycles. The van der Waals surface area contributed by atoms with Gasteiger partial charge in [0.05, 0.1) is 6.04 Å². The molecular formula is C19H21N5O. The van der Waals surface area contributed by atoms with Crippen molar-refractivity contribution < 1.29 is 4.79 Å². The number of nitrogens with two attached hydrogens (primary N) is 1. The van der Waals surface area contributed by atoms with E-state index in [1.165, 1.54) is 5.56 Å². The van der Waals surface area contributed by atoms with Crippen molar-refractivity contribution in [2.24, 2.45) is 27.1 Å². The molecule has 0 bridgehead atoms. The van der Waals surface area contributed by atoms with Crippen LogP contribution in [0.4, 0.5) is 0 Å². The first-order valence-corrected chi connectivity index (χ1v) is 8.71. The molecule has 1 aromatic carbocycles. The molecule has 1 amide bonds. The highest BCUT2D eigenvalue weighted by Gasteiger charge is 2.37. The van der Waals surface area contributed by atoms with Crippen molar-refractivity contribution in [1.82, 2.24) is 4.90 Å². The highest BCUT2D eigenvalue weighted by atomic mass is 16.1. The number of nitrogens with zero attached hydrogens (tertiary/aromatic N) is 4. The average molecular weight is 335 g/mol. The largest absolute Gasteiger partial charge is 0.366 e. The van der Waals surface area contributed by atoms with Gasteiger partial charge in [-0.15, -0.1) is 10.2 Å². The number of primary amides is 1. The molecule has 1 saturated heterocycles. The summed E-state index contributed by atoms with van der Waals surface area (Å²) < 4.78 is 0. The zero-order chi connectivity index (χ0) is 17.2. The van der Waals surface area contributed by atoms with Crippen LogP contribution in [0.5, 0.6) is 0 Å². The number of amides is 1. The van der Waals surface area contributed by atoms with E-state index in [0.717, 1.165) is 43.8 Å². The van der Waals surface area contributed by atoms with Gasteiger partial charge in [0.25, 0.3) is 0 Å². The summed E-state index contributed by atoms with van der Waals surface area (Å²) in [6, 6.07) is 10.4. The third-order valence-electron chi connectivity index (χ3n) is 5.21. The van der Waals surface area contributed by atoms with E-state index in [1.54, 1.807) is 12.2 Å². The predicted molar refractivity (Wildman–Crippen MR) is 95.9 cm³/mol. The summed E-state index contributed by atoms with van der Waals surface area (Å²) in [5.41, 5.74) is 9.05. The standard InChI is InChI=1S/C19H21N5O/c20-19(25)15-6-7-16-17(22-23-21-16)18(15)24-10-8-14(9-11-24)12-13-4-2-1-3-5-13/h1-7,14,18H,8-12H2,(H2,20,25). The van der Waals surface area contributed by atoms with E-state index in [1.807, 2.05) is 0 Å². The van der Waals surface area contributed by atoms with Crippen LogP contribution in [0.2, 0.25) is 0 Å². The number of allylic oxidation sites excluding steroid dienone is 2. The third kappa shape index (κ3) is 3.17. The Morgan fingerprint density at radius 2 is 1.92 bits per heavy atom. The van der Waals surface area contributed by atoms with Gasteiger partial charge in [0, 0.05) is 5.57 Å². The lowest BCUT2D eigenvalue weighted by atomic mass is 9.86. The Labute approximate surface area is 146 Å². The van der Waals surface area contributed by atoms with Crippen LogP contribution >= 0.6 is 0 Å². The number of rotatable bonds is 4. The molecule has 0 aromatic heterocycles. The molecule has 25 heavy (non-hydrogen) atoms. The van der Waals surface area contributed by atoms with Crippen LogP contribution in [0.15, 0.2) is 69.2 Å². The first-order valence-electron chi connectivity index (χ1n) is 8.71. The van der Waals surface area contributed by atoms with Gasteiger partial charge in [-0.05, 0) is 61.2 Å². The lowest BCUT2D eigenvalue weighted by Gasteiger charge is -2.38. The first-order chi connectivity index (χ1) is 12.2. The van der Waals surface area contributed by atoms with Gasteiger partial charge < -0.3 is 5.73 Å². The number of fused-ring (bicyclic) bond motifs is 1.